The SMILES string of the molecule is Cn1nc(Br)c2c(NC3CCN(CCS(C)(=O)=O)CC3)ncnc21. The van der Waals surface area contributed by atoms with Gasteiger partial charge in [0.05, 0.1) is 11.1 Å². The lowest BCUT2D eigenvalue weighted by atomic mass is 10.1. The van der Waals surface area contributed by atoms with Crippen molar-refractivity contribution in [2.75, 3.05) is 37.0 Å². The lowest BCUT2D eigenvalue weighted by molar-refractivity contribution is 0.230. The molecule has 0 atom stereocenters. The Labute approximate surface area is 149 Å². The Bertz CT molecular complexity index is 829. The van der Waals surface area contributed by atoms with Crippen LogP contribution in [-0.4, -0.2) is 70.8 Å². The number of aromatic nitrogens is 4. The molecule has 3 heterocycles. The summed E-state index contributed by atoms with van der Waals surface area (Å²) in [4.78, 5) is 10.8. The van der Waals surface area contributed by atoms with Crippen molar-refractivity contribution in [3.8, 4) is 0 Å². The summed E-state index contributed by atoms with van der Waals surface area (Å²) < 4.78 is 25.0. The van der Waals surface area contributed by atoms with Crippen molar-refractivity contribution in [3.05, 3.63) is 10.9 Å². The van der Waals surface area contributed by atoms with Crippen LogP contribution in [0.3, 0.4) is 0 Å². The minimum Gasteiger partial charge on any atom is -0.366 e. The first-order valence-electron chi connectivity index (χ1n) is 7.83. The van der Waals surface area contributed by atoms with Gasteiger partial charge in [0.1, 0.15) is 26.6 Å². The summed E-state index contributed by atoms with van der Waals surface area (Å²) in [5, 5.41) is 8.71. The first-order chi connectivity index (χ1) is 11.3. The molecule has 2 aromatic rings. The van der Waals surface area contributed by atoms with Crippen LogP contribution in [0.25, 0.3) is 11.0 Å². The van der Waals surface area contributed by atoms with Crippen LogP contribution in [0.15, 0.2) is 10.9 Å². The number of aryl methyl sites for hydroxylation is 1. The van der Waals surface area contributed by atoms with E-state index in [4.69, 9.17) is 0 Å². The Morgan fingerprint density at radius 2 is 2.04 bits per heavy atom. The van der Waals surface area contributed by atoms with E-state index >= 15 is 0 Å². The molecule has 0 radical (unpaired) electrons. The Balaban J connectivity index is 1.63. The van der Waals surface area contributed by atoms with Crippen molar-refractivity contribution in [2.45, 2.75) is 18.9 Å². The largest absolute Gasteiger partial charge is 0.366 e. The van der Waals surface area contributed by atoms with E-state index in [0.29, 0.717) is 12.6 Å². The molecule has 3 rings (SSSR count). The van der Waals surface area contributed by atoms with Crippen LogP contribution < -0.4 is 5.32 Å². The third-order valence-corrected chi connectivity index (χ3v) is 5.76. The first kappa shape index (κ1) is 17.6. The fourth-order valence-corrected chi connectivity index (χ4v) is 4.13. The molecule has 0 spiro atoms. The van der Waals surface area contributed by atoms with Gasteiger partial charge in [-0.15, -0.1) is 0 Å². The maximum Gasteiger partial charge on any atom is 0.164 e. The zero-order valence-electron chi connectivity index (χ0n) is 13.7. The molecule has 0 aromatic carbocycles. The highest BCUT2D eigenvalue weighted by Gasteiger charge is 2.22. The molecular formula is C14H21BrN6O2S. The predicted molar refractivity (Wildman–Crippen MR) is 96.8 cm³/mol. The minimum absolute atomic E-state index is 0.222. The summed E-state index contributed by atoms with van der Waals surface area (Å²) in [5.74, 6) is 1.01. The average Bonchev–Trinajstić information content (AvgIpc) is 2.82. The molecule has 1 aliphatic heterocycles. The molecule has 24 heavy (non-hydrogen) atoms. The second-order valence-electron chi connectivity index (χ2n) is 6.23. The van der Waals surface area contributed by atoms with Gasteiger partial charge in [-0.25, -0.2) is 23.1 Å². The highest BCUT2D eigenvalue weighted by atomic mass is 79.9. The molecule has 1 fully saturated rings. The molecule has 0 aliphatic carbocycles. The monoisotopic (exact) mass is 416 g/mol. The van der Waals surface area contributed by atoms with Crippen molar-refractivity contribution in [1.82, 2.24) is 24.6 Å². The lowest BCUT2D eigenvalue weighted by Crippen LogP contribution is -2.41. The van der Waals surface area contributed by atoms with E-state index in [1.54, 1.807) is 11.0 Å². The third kappa shape index (κ3) is 4.04. The van der Waals surface area contributed by atoms with E-state index < -0.39 is 9.84 Å². The first-order valence-corrected chi connectivity index (χ1v) is 10.7. The summed E-state index contributed by atoms with van der Waals surface area (Å²) in [6.07, 6.45) is 4.73. The summed E-state index contributed by atoms with van der Waals surface area (Å²) in [6, 6.07) is 0.310. The van der Waals surface area contributed by atoms with E-state index in [1.165, 1.54) is 6.26 Å². The molecule has 1 aliphatic rings. The van der Waals surface area contributed by atoms with Gasteiger partial charge >= 0.3 is 0 Å². The second-order valence-corrected chi connectivity index (χ2v) is 9.24. The van der Waals surface area contributed by atoms with Crippen molar-refractivity contribution in [2.24, 2.45) is 7.05 Å². The highest BCUT2D eigenvalue weighted by molar-refractivity contribution is 9.10. The van der Waals surface area contributed by atoms with Gasteiger partial charge in [0.2, 0.25) is 0 Å². The van der Waals surface area contributed by atoms with Gasteiger partial charge in [0.25, 0.3) is 0 Å². The zero-order chi connectivity index (χ0) is 17.3. The standard InChI is InChI=1S/C14H21BrN6O2S/c1-20-14-11(12(15)19-20)13(16-9-17-14)18-10-3-5-21(6-4-10)7-8-24(2,22)23/h9-10H,3-8H2,1-2H3,(H,16,17,18). The summed E-state index contributed by atoms with van der Waals surface area (Å²) in [5.41, 5.74) is 0.782. The van der Waals surface area contributed by atoms with Crippen LogP contribution in [0.4, 0.5) is 5.82 Å². The molecule has 2 aromatic heterocycles. The maximum absolute atomic E-state index is 11.3. The second kappa shape index (κ2) is 6.93. The zero-order valence-corrected chi connectivity index (χ0v) is 16.1. The number of fused-ring (bicyclic) bond motifs is 1. The molecule has 1 N–H and O–H groups in total. The number of piperidine rings is 1. The van der Waals surface area contributed by atoms with Gasteiger partial charge in [-0.2, -0.15) is 5.10 Å². The molecule has 0 amide bonds. The topological polar surface area (TPSA) is 93.0 Å². The number of anilines is 1. The van der Waals surface area contributed by atoms with E-state index in [1.807, 2.05) is 7.05 Å². The molecule has 8 nitrogen and oxygen atoms in total. The molecule has 1 saturated heterocycles. The molecule has 0 saturated carbocycles. The average molecular weight is 417 g/mol. The van der Waals surface area contributed by atoms with Crippen LogP contribution in [0, 0.1) is 0 Å². The number of hydrogen-bond donors (Lipinski definition) is 1. The van der Waals surface area contributed by atoms with Crippen LogP contribution in [-0.2, 0) is 16.9 Å². The fourth-order valence-electron chi connectivity index (χ4n) is 2.94. The molecular weight excluding hydrogens is 396 g/mol. The van der Waals surface area contributed by atoms with Crippen molar-refractivity contribution < 1.29 is 8.42 Å². The number of likely N-dealkylation sites (tertiary alicyclic amines) is 1. The number of hydrogen-bond acceptors (Lipinski definition) is 7. The van der Waals surface area contributed by atoms with E-state index in [9.17, 15) is 8.42 Å². The fraction of sp³-hybridized carbons (Fsp3) is 0.643. The van der Waals surface area contributed by atoms with E-state index in [-0.39, 0.29) is 5.75 Å². The number of halogens is 1. The van der Waals surface area contributed by atoms with Gasteiger partial charge in [-0.1, -0.05) is 0 Å². The molecule has 0 bridgehead atoms. The highest BCUT2D eigenvalue weighted by Crippen LogP contribution is 2.28. The van der Waals surface area contributed by atoms with Gasteiger partial charge in [-0.05, 0) is 28.8 Å². The Morgan fingerprint density at radius 3 is 2.71 bits per heavy atom. The van der Waals surface area contributed by atoms with Crippen LogP contribution in [0.2, 0.25) is 0 Å². The van der Waals surface area contributed by atoms with Gasteiger partial charge in [-0.3, -0.25) is 0 Å². The maximum atomic E-state index is 11.3. The van der Waals surface area contributed by atoms with Crippen LogP contribution in [0.5, 0.6) is 0 Å². The third-order valence-electron chi connectivity index (χ3n) is 4.28. The van der Waals surface area contributed by atoms with Crippen LogP contribution >= 0.6 is 15.9 Å². The van der Waals surface area contributed by atoms with Gasteiger partial charge in [0.15, 0.2) is 5.65 Å². The van der Waals surface area contributed by atoms with Crippen molar-refractivity contribution in [3.63, 3.8) is 0 Å². The quantitative estimate of drug-likeness (QED) is 0.777. The van der Waals surface area contributed by atoms with E-state index in [0.717, 1.165) is 47.4 Å². The van der Waals surface area contributed by atoms with Crippen molar-refractivity contribution >= 4 is 42.6 Å². The van der Waals surface area contributed by atoms with Gasteiger partial charge in [0, 0.05) is 39.0 Å². The Kier molecular flexibility index (Phi) is 5.07. The van der Waals surface area contributed by atoms with E-state index in [2.05, 4.69) is 41.2 Å². The minimum atomic E-state index is -2.90. The normalized spacial score (nSPS) is 17.5. The summed E-state index contributed by atoms with van der Waals surface area (Å²) >= 11 is 3.46. The number of nitrogens with one attached hydrogen (secondary N) is 1. The summed E-state index contributed by atoms with van der Waals surface area (Å²) in [7, 11) is -1.05. The molecule has 132 valence electrons. The smallest absolute Gasteiger partial charge is 0.164 e. The number of nitrogens with zero attached hydrogens (tertiary/aromatic N) is 5. The molecule has 10 heteroatoms. The Morgan fingerprint density at radius 1 is 1.33 bits per heavy atom. The number of sulfone groups is 1. The molecule has 0 unspecified atom stereocenters. The lowest BCUT2D eigenvalue weighted by Gasteiger charge is -2.32. The van der Waals surface area contributed by atoms with Crippen molar-refractivity contribution in [1.29, 1.82) is 0 Å². The van der Waals surface area contributed by atoms with Gasteiger partial charge < -0.3 is 10.2 Å². The number of rotatable bonds is 5. The Hall–Kier alpha value is -1.26. The predicted octanol–water partition coefficient (Wildman–Crippen LogP) is 1.05. The van der Waals surface area contributed by atoms with Crippen LogP contribution in [0.1, 0.15) is 12.8 Å². The summed E-state index contributed by atoms with van der Waals surface area (Å²) in [6.45, 7) is 2.38.